The SMILES string of the molecule is NCCCCC(=O)Nc1cccnc1-n1cccn1. The molecule has 0 spiro atoms. The van der Waals surface area contributed by atoms with Crippen LogP contribution < -0.4 is 11.1 Å². The Kier molecular flexibility index (Phi) is 4.63. The van der Waals surface area contributed by atoms with Crippen LogP contribution in [0.4, 0.5) is 5.69 Å². The van der Waals surface area contributed by atoms with E-state index in [0.717, 1.165) is 12.8 Å². The molecule has 0 saturated heterocycles. The van der Waals surface area contributed by atoms with Gasteiger partial charge >= 0.3 is 0 Å². The Labute approximate surface area is 111 Å². The lowest BCUT2D eigenvalue weighted by Crippen LogP contribution is -2.14. The van der Waals surface area contributed by atoms with Gasteiger partial charge in [-0.1, -0.05) is 0 Å². The van der Waals surface area contributed by atoms with Crippen LogP contribution in [-0.2, 0) is 4.79 Å². The van der Waals surface area contributed by atoms with Crippen molar-refractivity contribution in [3.63, 3.8) is 0 Å². The van der Waals surface area contributed by atoms with Crippen molar-refractivity contribution >= 4 is 11.6 Å². The second-order valence-electron chi connectivity index (χ2n) is 4.12. The van der Waals surface area contributed by atoms with Gasteiger partial charge in [-0.05, 0) is 37.6 Å². The zero-order valence-corrected chi connectivity index (χ0v) is 10.6. The zero-order chi connectivity index (χ0) is 13.5. The van der Waals surface area contributed by atoms with Crippen molar-refractivity contribution in [2.45, 2.75) is 19.3 Å². The van der Waals surface area contributed by atoms with Crippen molar-refractivity contribution in [1.82, 2.24) is 14.8 Å². The highest BCUT2D eigenvalue weighted by atomic mass is 16.1. The lowest BCUT2D eigenvalue weighted by Gasteiger charge is -2.09. The minimum Gasteiger partial charge on any atom is -0.330 e. The van der Waals surface area contributed by atoms with Crippen molar-refractivity contribution in [3.8, 4) is 5.82 Å². The molecule has 0 aliphatic carbocycles. The van der Waals surface area contributed by atoms with Crippen LogP contribution in [0.1, 0.15) is 19.3 Å². The first-order valence-electron chi connectivity index (χ1n) is 6.26. The summed E-state index contributed by atoms with van der Waals surface area (Å²) in [6.07, 6.45) is 7.23. The van der Waals surface area contributed by atoms with Gasteiger partial charge in [-0.25, -0.2) is 9.67 Å². The molecule has 0 aliphatic rings. The molecule has 2 heterocycles. The van der Waals surface area contributed by atoms with E-state index in [1.165, 1.54) is 0 Å². The van der Waals surface area contributed by atoms with E-state index < -0.39 is 0 Å². The molecule has 2 aromatic rings. The molecule has 3 N–H and O–H groups in total. The van der Waals surface area contributed by atoms with E-state index in [1.807, 2.05) is 12.1 Å². The molecule has 0 atom stereocenters. The normalized spacial score (nSPS) is 10.4. The van der Waals surface area contributed by atoms with E-state index in [4.69, 9.17) is 5.73 Å². The maximum Gasteiger partial charge on any atom is 0.224 e. The molecule has 6 nitrogen and oxygen atoms in total. The highest BCUT2D eigenvalue weighted by Gasteiger charge is 2.09. The summed E-state index contributed by atoms with van der Waals surface area (Å²) in [6, 6.07) is 5.40. The molecule has 0 bridgehead atoms. The molecular formula is C13H17N5O. The van der Waals surface area contributed by atoms with E-state index in [0.29, 0.717) is 24.5 Å². The summed E-state index contributed by atoms with van der Waals surface area (Å²) in [5.74, 6) is 0.578. The molecule has 0 aliphatic heterocycles. The van der Waals surface area contributed by atoms with Gasteiger partial charge in [-0.3, -0.25) is 4.79 Å². The Morgan fingerprint density at radius 2 is 2.21 bits per heavy atom. The van der Waals surface area contributed by atoms with Crippen molar-refractivity contribution in [1.29, 1.82) is 0 Å². The second-order valence-corrected chi connectivity index (χ2v) is 4.12. The number of anilines is 1. The van der Waals surface area contributed by atoms with Gasteiger partial charge in [-0.2, -0.15) is 5.10 Å². The molecule has 1 amide bonds. The molecule has 0 aromatic carbocycles. The average molecular weight is 259 g/mol. The number of amides is 1. The van der Waals surface area contributed by atoms with Gasteiger partial charge in [0.2, 0.25) is 5.91 Å². The molecule has 6 heteroatoms. The van der Waals surface area contributed by atoms with Crippen LogP contribution in [-0.4, -0.2) is 27.2 Å². The van der Waals surface area contributed by atoms with E-state index in [2.05, 4.69) is 15.4 Å². The molecule has 19 heavy (non-hydrogen) atoms. The zero-order valence-electron chi connectivity index (χ0n) is 10.6. The predicted octanol–water partition coefficient (Wildman–Crippen LogP) is 1.33. The van der Waals surface area contributed by atoms with Crippen molar-refractivity contribution in [2.75, 3.05) is 11.9 Å². The fourth-order valence-electron chi connectivity index (χ4n) is 1.71. The number of carbonyl (C=O) groups is 1. The summed E-state index contributed by atoms with van der Waals surface area (Å²) in [7, 11) is 0. The quantitative estimate of drug-likeness (QED) is 0.766. The van der Waals surface area contributed by atoms with Crippen molar-refractivity contribution < 1.29 is 4.79 Å². The summed E-state index contributed by atoms with van der Waals surface area (Å²) in [4.78, 5) is 16.0. The first kappa shape index (κ1) is 13.2. The second kappa shape index (κ2) is 6.65. The van der Waals surface area contributed by atoms with Crippen LogP contribution >= 0.6 is 0 Å². The van der Waals surface area contributed by atoms with Gasteiger partial charge in [0.1, 0.15) is 0 Å². The van der Waals surface area contributed by atoms with Crippen molar-refractivity contribution in [3.05, 3.63) is 36.8 Å². The van der Waals surface area contributed by atoms with Crippen molar-refractivity contribution in [2.24, 2.45) is 5.73 Å². The summed E-state index contributed by atoms with van der Waals surface area (Å²) in [6.45, 7) is 0.610. The first-order valence-corrected chi connectivity index (χ1v) is 6.26. The number of nitrogens with two attached hydrogens (primary N) is 1. The van der Waals surface area contributed by atoms with Gasteiger partial charge in [0.25, 0.3) is 0 Å². The maximum atomic E-state index is 11.8. The Bertz CT molecular complexity index is 524. The van der Waals surface area contributed by atoms with E-state index in [1.54, 1.807) is 29.3 Å². The molecule has 100 valence electrons. The number of nitrogens with zero attached hydrogens (tertiary/aromatic N) is 3. The van der Waals surface area contributed by atoms with Gasteiger partial charge in [0, 0.05) is 25.0 Å². The third-order valence-corrected chi connectivity index (χ3v) is 2.64. The largest absolute Gasteiger partial charge is 0.330 e. The minimum absolute atomic E-state index is 0.0325. The number of pyridine rings is 1. The Morgan fingerprint density at radius 1 is 1.32 bits per heavy atom. The van der Waals surface area contributed by atoms with Crippen LogP contribution in [0.5, 0.6) is 0 Å². The van der Waals surface area contributed by atoms with Crippen LogP contribution in [0.2, 0.25) is 0 Å². The highest BCUT2D eigenvalue weighted by Crippen LogP contribution is 2.16. The minimum atomic E-state index is -0.0325. The average Bonchev–Trinajstić information content (AvgIpc) is 2.93. The summed E-state index contributed by atoms with van der Waals surface area (Å²) < 4.78 is 1.62. The van der Waals surface area contributed by atoms with Crippen LogP contribution in [0.25, 0.3) is 5.82 Å². The number of rotatable bonds is 6. The Hall–Kier alpha value is -2.21. The smallest absolute Gasteiger partial charge is 0.224 e. The molecule has 2 rings (SSSR count). The van der Waals surface area contributed by atoms with E-state index in [-0.39, 0.29) is 5.91 Å². The third-order valence-electron chi connectivity index (χ3n) is 2.64. The molecule has 0 radical (unpaired) electrons. The van der Waals surface area contributed by atoms with E-state index in [9.17, 15) is 4.79 Å². The van der Waals surface area contributed by atoms with Crippen LogP contribution in [0.15, 0.2) is 36.8 Å². The van der Waals surface area contributed by atoms with Gasteiger partial charge in [-0.15, -0.1) is 0 Å². The topological polar surface area (TPSA) is 85.8 Å². The number of carbonyl (C=O) groups excluding carboxylic acids is 1. The fraction of sp³-hybridized carbons (Fsp3) is 0.308. The molecule has 0 fully saturated rings. The number of unbranched alkanes of at least 4 members (excludes halogenated alkanes) is 1. The summed E-state index contributed by atoms with van der Waals surface area (Å²) >= 11 is 0. The lowest BCUT2D eigenvalue weighted by atomic mass is 10.2. The molecule has 2 aromatic heterocycles. The van der Waals surface area contributed by atoms with Crippen LogP contribution in [0, 0.1) is 0 Å². The van der Waals surface area contributed by atoms with Gasteiger partial charge in [0.15, 0.2) is 5.82 Å². The summed E-state index contributed by atoms with van der Waals surface area (Å²) in [5.41, 5.74) is 6.06. The third kappa shape index (κ3) is 3.62. The monoisotopic (exact) mass is 259 g/mol. The fourth-order valence-corrected chi connectivity index (χ4v) is 1.71. The summed E-state index contributed by atoms with van der Waals surface area (Å²) in [5, 5.41) is 6.97. The molecule has 0 unspecified atom stereocenters. The number of hydrogen-bond donors (Lipinski definition) is 2. The first-order chi connectivity index (χ1) is 9.31. The lowest BCUT2D eigenvalue weighted by molar-refractivity contribution is -0.116. The molecule has 0 saturated carbocycles. The number of nitrogens with one attached hydrogen (secondary N) is 1. The van der Waals surface area contributed by atoms with E-state index >= 15 is 0 Å². The van der Waals surface area contributed by atoms with Crippen LogP contribution in [0.3, 0.4) is 0 Å². The van der Waals surface area contributed by atoms with Gasteiger partial charge < -0.3 is 11.1 Å². The Morgan fingerprint density at radius 3 is 2.95 bits per heavy atom. The Balaban J connectivity index is 2.06. The maximum absolute atomic E-state index is 11.8. The number of aromatic nitrogens is 3. The predicted molar refractivity (Wildman–Crippen MR) is 72.9 cm³/mol. The molecular weight excluding hydrogens is 242 g/mol. The highest BCUT2D eigenvalue weighted by molar-refractivity contribution is 5.92. The standard InChI is InChI=1S/C13H17N5O/c14-7-2-1-6-12(19)17-11-5-3-8-15-13(11)18-10-4-9-16-18/h3-5,8-10H,1-2,6-7,14H2,(H,17,19). The van der Waals surface area contributed by atoms with Gasteiger partial charge in [0.05, 0.1) is 5.69 Å². The number of hydrogen-bond acceptors (Lipinski definition) is 4.